The number of carboxylic acid groups (broad SMARTS) is 1. The minimum Gasteiger partial charge on any atom is -0.490 e. The molecule has 0 fully saturated rings. The highest BCUT2D eigenvalue weighted by atomic mass is 35.5. The number of hydrogen-bond donors (Lipinski definition) is 2. The topological polar surface area (TPSA) is 67.8 Å². The van der Waals surface area contributed by atoms with E-state index in [9.17, 15) is 9.90 Å². The summed E-state index contributed by atoms with van der Waals surface area (Å²) >= 11 is 12.7. The fourth-order valence-electron chi connectivity index (χ4n) is 3.11. The first-order chi connectivity index (χ1) is 14.9. The van der Waals surface area contributed by atoms with E-state index in [0.717, 1.165) is 16.8 Å². The normalized spacial score (nSPS) is 10.6. The van der Waals surface area contributed by atoms with Gasteiger partial charge in [-0.2, -0.15) is 0 Å². The molecule has 0 aliphatic rings. The largest absolute Gasteiger partial charge is 0.490 e. The van der Waals surface area contributed by atoms with Gasteiger partial charge < -0.3 is 19.9 Å². The quantitative estimate of drug-likeness (QED) is 0.377. The molecule has 3 aromatic carbocycles. The van der Waals surface area contributed by atoms with Crippen LogP contribution in [0.3, 0.4) is 0 Å². The van der Waals surface area contributed by atoms with Crippen molar-refractivity contribution in [3.05, 3.63) is 86.9 Å². The monoisotopic (exact) mass is 459 g/mol. The van der Waals surface area contributed by atoms with Crippen LogP contribution in [0.25, 0.3) is 0 Å². The molecule has 3 rings (SSSR count). The summed E-state index contributed by atoms with van der Waals surface area (Å²) in [5.74, 6) is 0.143. The zero-order valence-electron chi connectivity index (χ0n) is 17.2. The summed E-state index contributed by atoms with van der Waals surface area (Å²) in [6.07, 6.45) is 0. The molecule has 0 aliphatic heterocycles. The number of rotatable bonds is 9. The molecule has 3 aromatic rings. The predicted octanol–water partition coefficient (Wildman–Crippen LogP) is 6.59. The molecule has 31 heavy (non-hydrogen) atoms. The molecule has 2 N–H and O–H groups in total. The lowest BCUT2D eigenvalue weighted by atomic mass is 10.1. The van der Waals surface area contributed by atoms with E-state index in [1.54, 1.807) is 25.1 Å². The number of anilines is 1. The molecule has 0 saturated heterocycles. The van der Waals surface area contributed by atoms with Gasteiger partial charge >= 0.3 is 5.97 Å². The van der Waals surface area contributed by atoms with Crippen molar-refractivity contribution in [1.82, 2.24) is 0 Å². The molecular weight excluding hydrogens is 437 g/mol. The number of benzene rings is 3. The Morgan fingerprint density at radius 3 is 2.42 bits per heavy atom. The highest BCUT2D eigenvalue weighted by Crippen LogP contribution is 2.35. The molecule has 0 heterocycles. The number of carboxylic acids is 1. The Morgan fingerprint density at radius 2 is 1.71 bits per heavy atom. The lowest BCUT2D eigenvalue weighted by Crippen LogP contribution is -2.07. The number of carbonyl (C=O) groups is 1. The zero-order valence-corrected chi connectivity index (χ0v) is 18.8. The van der Waals surface area contributed by atoms with Gasteiger partial charge in [-0.15, -0.1) is 0 Å². The van der Waals surface area contributed by atoms with Crippen molar-refractivity contribution < 1.29 is 19.4 Å². The Bertz CT molecular complexity index is 1090. The molecule has 0 radical (unpaired) electrons. The average Bonchev–Trinajstić information content (AvgIpc) is 2.74. The first kappa shape index (κ1) is 22.8. The molecule has 162 valence electrons. The van der Waals surface area contributed by atoms with Crippen LogP contribution >= 0.6 is 23.2 Å². The van der Waals surface area contributed by atoms with Gasteiger partial charge in [-0.3, -0.25) is 0 Å². The average molecular weight is 460 g/mol. The molecule has 0 spiro atoms. The van der Waals surface area contributed by atoms with Crippen LogP contribution in [0, 0.1) is 6.92 Å². The summed E-state index contributed by atoms with van der Waals surface area (Å²) in [7, 11) is 0. The Morgan fingerprint density at radius 1 is 0.968 bits per heavy atom. The van der Waals surface area contributed by atoms with Crippen LogP contribution in [0.4, 0.5) is 5.69 Å². The summed E-state index contributed by atoms with van der Waals surface area (Å²) < 4.78 is 11.7. The van der Waals surface area contributed by atoms with Crippen LogP contribution in [0.1, 0.15) is 34.0 Å². The van der Waals surface area contributed by atoms with Crippen LogP contribution in [-0.2, 0) is 13.2 Å². The van der Waals surface area contributed by atoms with Crippen molar-refractivity contribution in [2.24, 2.45) is 0 Å². The van der Waals surface area contributed by atoms with Crippen LogP contribution in [0.15, 0.2) is 54.6 Å². The van der Waals surface area contributed by atoms with E-state index in [4.69, 9.17) is 32.7 Å². The van der Waals surface area contributed by atoms with Crippen molar-refractivity contribution in [2.45, 2.75) is 27.0 Å². The second-order valence-electron chi connectivity index (χ2n) is 6.84. The number of nitrogens with one attached hydrogen (secondary N) is 1. The van der Waals surface area contributed by atoms with E-state index in [1.807, 2.05) is 43.3 Å². The molecule has 7 heteroatoms. The van der Waals surface area contributed by atoms with Crippen molar-refractivity contribution in [1.29, 1.82) is 0 Å². The maximum Gasteiger partial charge on any atom is 0.336 e. The van der Waals surface area contributed by atoms with Gasteiger partial charge in [-0.1, -0.05) is 47.5 Å². The first-order valence-corrected chi connectivity index (χ1v) is 10.5. The van der Waals surface area contributed by atoms with Gasteiger partial charge in [0.2, 0.25) is 0 Å². The molecule has 0 unspecified atom stereocenters. The summed E-state index contributed by atoms with van der Waals surface area (Å²) in [6, 6.07) is 16.1. The predicted molar refractivity (Wildman–Crippen MR) is 124 cm³/mol. The second kappa shape index (κ2) is 10.4. The van der Waals surface area contributed by atoms with Crippen LogP contribution in [-0.4, -0.2) is 17.7 Å². The van der Waals surface area contributed by atoms with Gasteiger partial charge in [-0.05, 0) is 49.2 Å². The van der Waals surface area contributed by atoms with E-state index in [1.165, 1.54) is 0 Å². The number of hydrogen-bond acceptors (Lipinski definition) is 4. The van der Waals surface area contributed by atoms with Crippen molar-refractivity contribution in [3.8, 4) is 11.5 Å². The highest BCUT2D eigenvalue weighted by molar-refractivity contribution is 6.31. The van der Waals surface area contributed by atoms with Crippen LogP contribution < -0.4 is 14.8 Å². The molecule has 0 atom stereocenters. The molecule has 0 aliphatic carbocycles. The Labute approximate surface area is 191 Å². The maximum absolute atomic E-state index is 11.4. The molecule has 0 amide bonds. The lowest BCUT2D eigenvalue weighted by molar-refractivity contribution is 0.0696. The van der Waals surface area contributed by atoms with Gasteiger partial charge in [0, 0.05) is 33.9 Å². The smallest absolute Gasteiger partial charge is 0.336 e. The molecular formula is C24H23Cl2NO4. The Balaban J connectivity index is 1.79. The fourth-order valence-corrected chi connectivity index (χ4v) is 3.52. The standard InChI is InChI=1S/C24H23Cl2NO4/c1-3-30-22-11-17(13-27-21-10-6-8-18(15(21)2)24(28)29)20(26)12-23(22)31-14-16-7-4-5-9-19(16)25/h4-12,27H,3,13-14H2,1-2H3,(H,28,29). The molecule has 0 bridgehead atoms. The fraction of sp³-hybridized carbons (Fsp3) is 0.208. The third-order valence-corrected chi connectivity index (χ3v) is 5.51. The van der Waals surface area contributed by atoms with Gasteiger partial charge in [0.05, 0.1) is 12.2 Å². The van der Waals surface area contributed by atoms with Crippen molar-refractivity contribution in [2.75, 3.05) is 11.9 Å². The summed E-state index contributed by atoms with van der Waals surface area (Å²) in [4.78, 5) is 11.4. The zero-order chi connectivity index (χ0) is 22.4. The minimum atomic E-state index is -0.960. The number of halogens is 2. The Kier molecular flexibility index (Phi) is 7.66. The lowest BCUT2D eigenvalue weighted by Gasteiger charge is -2.17. The van der Waals surface area contributed by atoms with Crippen LogP contribution in [0.2, 0.25) is 10.0 Å². The number of aromatic carboxylic acids is 1. The number of ether oxygens (including phenoxy) is 2. The second-order valence-corrected chi connectivity index (χ2v) is 7.65. The van der Waals surface area contributed by atoms with Gasteiger partial charge in [0.25, 0.3) is 0 Å². The van der Waals surface area contributed by atoms with E-state index in [-0.39, 0.29) is 12.2 Å². The van der Waals surface area contributed by atoms with E-state index < -0.39 is 5.97 Å². The summed E-state index contributed by atoms with van der Waals surface area (Å²) in [6.45, 7) is 4.81. The van der Waals surface area contributed by atoms with Gasteiger partial charge in [0.15, 0.2) is 11.5 Å². The molecule has 0 saturated carbocycles. The van der Waals surface area contributed by atoms with Crippen molar-refractivity contribution >= 4 is 34.9 Å². The van der Waals surface area contributed by atoms with Gasteiger partial charge in [-0.25, -0.2) is 4.79 Å². The highest BCUT2D eigenvalue weighted by Gasteiger charge is 2.14. The van der Waals surface area contributed by atoms with E-state index >= 15 is 0 Å². The minimum absolute atomic E-state index is 0.259. The third-order valence-electron chi connectivity index (χ3n) is 4.79. The van der Waals surface area contributed by atoms with Gasteiger partial charge in [0.1, 0.15) is 6.61 Å². The maximum atomic E-state index is 11.4. The van der Waals surface area contributed by atoms with E-state index in [2.05, 4.69) is 5.32 Å². The summed E-state index contributed by atoms with van der Waals surface area (Å²) in [5, 5.41) is 13.7. The molecule has 5 nitrogen and oxygen atoms in total. The van der Waals surface area contributed by atoms with Crippen molar-refractivity contribution in [3.63, 3.8) is 0 Å². The molecule has 0 aromatic heterocycles. The SMILES string of the molecule is CCOc1cc(CNc2cccc(C(=O)O)c2C)c(Cl)cc1OCc1ccccc1Cl. The third kappa shape index (κ3) is 5.63. The summed E-state index contributed by atoms with van der Waals surface area (Å²) in [5.41, 5.74) is 3.32. The first-order valence-electron chi connectivity index (χ1n) is 9.79. The Hall–Kier alpha value is -2.89. The van der Waals surface area contributed by atoms with E-state index in [0.29, 0.717) is 40.3 Å². The van der Waals surface area contributed by atoms with Crippen LogP contribution in [0.5, 0.6) is 11.5 Å².